The minimum Gasteiger partial charge on any atom is -0.482 e. The predicted molar refractivity (Wildman–Crippen MR) is 147 cm³/mol. The Morgan fingerprint density at radius 2 is 1.66 bits per heavy atom. The Kier molecular flexibility index (Phi) is 6.81. The number of fused-ring (bicyclic) bond motifs is 1. The molecule has 0 unspecified atom stereocenters. The molecule has 0 saturated heterocycles. The molecule has 9 nitrogen and oxygen atoms in total. The van der Waals surface area contributed by atoms with Gasteiger partial charge in [-0.3, -0.25) is 0 Å². The van der Waals surface area contributed by atoms with Crippen molar-refractivity contribution in [3.8, 4) is 28.3 Å². The van der Waals surface area contributed by atoms with Crippen molar-refractivity contribution in [3.63, 3.8) is 0 Å². The smallest absolute Gasteiger partial charge is 0.341 e. The minimum atomic E-state index is -1.01. The first-order valence-corrected chi connectivity index (χ1v) is 13.5. The van der Waals surface area contributed by atoms with Gasteiger partial charge in [0.2, 0.25) is 5.95 Å². The summed E-state index contributed by atoms with van der Waals surface area (Å²) < 4.78 is 7.32. The molecule has 38 heavy (non-hydrogen) atoms. The summed E-state index contributed by atoms with van der Waals surface area (Å²) in [6, 6.07) is 16.4. The number of hydrogen-bond donors (Lipinski definition) is 3. The van der Waals surface area contributed by atoms with Crippen LogP contribution in [0, 0.1) is 0 Å². The summed E-state index contributed by atoms with van der Waals surface area (Å²) in [6.07, 6.45) is 11.4. The van der Waals surface area contributed by atoms with Crippen LogP contribution >= 0.6 is 0 Å². The number of benzene rings is 1. The number of aromatic nitrogens is 4. The summed E-state index contributed by atoms with van der Waals surface area (Å²) in [4.78, 5) is 20.3. The highest BCUT2D eigenvalue weighted by atomic mass is 16.5. The minimum absolute atomic E-state index is 0.382. The van der Waals surface area contributed by atoms with Gasteiger partial charge in [-0.2, -0.15) is 5.10 Å². The Bertz CT molecular complexity index is 1420. The topological polar surface area (TPSA) is 114 Å². The number of nitrogens with one attached hydrogen (secondary N) is 2. The molecular formula is C29H32N6O3. The van der Waals surface area contributed by atoms with Crippen LogP contribution in [-0.4, -0.2) is 49.3 Å². The van der Waals surface area contributed by atoms with Crippen LogP contribution in [-0.2, 0) is 4.79 Å². The van der Waals surface area contributed by atoms with Gasteiger partial charge in [0, 0.05) is 23.8 Å². The Hall–Kier alpha value is -4.14. The Morgan fingerprint density at radius 1 is 0.947 bits per heavy atom. The number of rotatable bonds is 9. The van der Waals surface area contributed by atoms with E-state index >= 15 is 0 Å². The molecule has 3 aromatic heterocycles. The van der Waals surface area contributed by atoms with Gasteiger partial charge in [0.15, 0.2) is 6.61 Å². The van der Waals surface area contributed by atoms with E-state index in [4.69, 9.17) is 19.9 Å². The zero-order valence-corrected chi connectivity index (χ0v) is 21.3. The predicted octanol–water partition coefficient (Wildman–Crippen LogP) is 5.63. The molecule has 196 valence electrons. The maximum absolute atomic E-state index is 10.9. The number of pyridine rings is 1. The third-order valence-corrected chi connectivity index (χ3v) is 7.45. The Balaban J connectivity index is 1.42. The monoisotopic (exact) mass is 512 g/mol. The van der Waals surface area contributed by atoms with Crippen LogP contribution < -0.4 is 15.4 Å². The lowest BCUT2D eigenvalue weighted by atomic mass is 10.0. The fourth-order valence-electron chi connectivity index (χ4n) is 5.59. The van der Waals surface area contributed by atoms with Crippen LogP contribution in [0.5, 0.6) is 5.75 Å². The summed E-state index contributed by atoms with van der Waals surface area (Å²) in [5.41, 5.74) is 4.37. The average Bonchev–Trinajstić information content (AvgIpc) is 3.70. The first-order chi connectivity index (χ1) is 18.6. The lowest BCUT2D eigenvalue weighted by Gasteiger charge is -2.14. The molecule has 0 atom stereocenters. The van der Waals surface area contributed by atoms with Crippen molar-refractivity contribution in [1.29, 1.82) is 0 Å². The van der Waals surface area contributed by atoms with E-state index in [0.717, 1.165) is 59.5 Å². The van der Waals surface area contributed by atoms with E-state index in [1.165, 1.54) is 25.7 Å². The fraction of sp³-hybridized carbons (Fsp3) is 0.379. The molecule has 3 N–H and O–H groups in total. The molecule has 2 aliphatic carbocycles. The second kappa shape index (κ2) is 10.7. The number of hydrogen-bond acceptors (Lipinski definition) is 7. The van der Waals surface area contributed by atoms with Crippen LogP contribution in [0.3, 0.4) is 0 Å². The molecule has 0 spiro atoms. The van der Waals surface area contributed by atoms with Crippen LogP contribution in [0.2, 0.25) is 0 Å². The van der Waals surface area contributed by atoms with Gasteiger partial charge < -0.3 is 20.5 Å². The van der Waals surface area contributed by atoms with Crippen LogP contribution in [0.15, 0.2) is 54.7 Å². The van der Waals surface area contributed by atoms with Gasteiger partial charge in [-0.15, -0.1) is 0 Å². The van der Waals surface area contributed by atoms with Crippen LogP contribution in [0.25, 0.3) is 28.0 Å². The van der Waals surface area contributed by atoms with E-state index in [1.54, 1.807) is 18.3 Å². The largest absolute Gasteiger partial charge is 0.482 e. The standard InChI is InChI=1S/C29H32N6O3/c36-26(37)18-38-22-14-12-19(13-15-22)28-27(23-16-17-30-29(33-23)32-21-8-3-4-9-21)24-10-5-11-25(35(24)34-28)31-20-6-1-2-7-20/h5,10-17,20-21,31H,1-4,6-9,18H2,(H,36,37)(H,30,32,33). The molecule has 0 amide bonds. The number of carboxylic acid groups (broad SMARTS) is 1. The van der Waals surface area contributed by atoms with E-state index in [0.29, 0.717) is 23.8 Å². The van der Waals surface area contributed by atoms with Gasteiger partial charge >= 0.3 is 5.97 Å². The lowest BCUT2D eigenvalue weighted by molar-refractivity contribution is -0.139. The summed E-state index contributed by atoms with van der Waals surface area (Å²) in [5, 5.41) is 21.2. The van der Waals surface area contributed by atoms with Crippen molar-refractivity contribution in [1.82, 2.24) is 19.6 Å². The molecule has 2 fully saturated rings. The molecule has 2 aliphatic rings. The number of carbonyl (C=O) groups is 1. The first-order valence-electron chi connectivity index (χ1n) is 13.5. The van der Waals surface area contributed by atoms with Crippen molar-refractivity contribution in [2.45, 2.75) is 63.5 Å². The van der Waals surface area contributed by atoms with Gasteiger partial charge in [0.25, 0.3) is 0 Å². The third kappa shape index (κ3) is 5.14. The summed E-state index contributed by atoms with van der Waals surface area (Å²) in [5.74, 6) is 1.08. The quantitative estimate of drug-likeness (QED) is 0.264. The fourth-order valence-corrected chi connectivity index (χ4v) is 5.59. The highest BCUT2D eigenvalue weighted by Gasteiger charge is 2.22. The number of nitrogens with zero attached hydrogens (tertiary/aromatic N) is 4. The molecule has 0 aliphatic heterocycles. The van der Waals surface area contributed by atoms with Crippen molar-refractivity contribution in [2.75, 3.05) is 17.2 Å². The highest BCUT2D eigenvalue weighted by molar-refractivity contribution is 5.91. The van der Waals surface area contributed by atoms with Crippen LogP contribution in [0.4, 0.5) is 11.8 Å². The second-order valence-corrected chi connectivity index (χ2v) is 10.2. The average molecular weight is 513 g/mol. The number of aliphatic carboxylic acids is 1. The van der Waals surface area contributed by atoms with Gasteiger partial charge in [0.1, 0.15) is 17.3 Å². The lowest BCUT2D eigenvalue weighted by Crippen LogP contribution is -2.17. The Labute approximate surface area is 221 Å². The van der Waals surface area contributed by atoms with Gasteiger partial charge in [-0.1, -0.05) is 31.7 Å². The summed E-state index contributed by atoms with van der Waals surface area (Å²) in [6.45, 7) is -0.382. The molecule has 3 heterocycles. The van der Waals surface area contributed by atoms with Gasteiger partial charge in [-0.05, 0) is 68.1 Å². The molecular weight excluding hydrogens is 480 g/mol. The SMILES string of the molecule is O=C(O)COc1ccc(-c2nn3c(NC4CCCC4)cccc3c2-c2ccnc(NC3CCCC3)n2)cc1. The van der Waals surface area contributed by atoms with Gasteiger partial charge in [-0.25, -0.2) is 19.3 Å². The second-order valence-electron chi connectivity index (χ2n) is 10.2. The molecule has 1 aromatic carbocycles. The number of carboxylic acids is 1. The van der Waals surface area contributed by atoms with E-state index in [9.17, 15) is 4.79 Å². The summed E-state index contributed by atoms with van der Waals surface area (Å²) >= 11 is 0. The van der Waals surface area contributed by atoms with Crippen molar-refractivity contribution < 1.29 is 14.6 Å². The third-order valence-electron chi connectivity index (χ3n) is 7.45. The van der Waals surface area contributed by atoms with Crippen LogP contribution in [0.1, 0.15) is 51.4 Å². The molecule has 9 heteroatoms. The molecule has 2 saturated carbocycles. The zero-order chi connectivity index (χ0) is 25.9. The number of anilines is 2. The maximum Gasteiger partial charge on any atom is 0.341 e. The van der Waals surface area contributed by atoms with E-state index in [2.05, 4.69) is 33.8 Å². The van der Waals surface area contributed by atoms with Gasteiger partial charge in [0.05, 0.1) is 16.8 Å². The maximum atomic E-state index is 10.9. The van der Waals surface area contributed by atoms with E-state index < -0.39 is 5.97 Å². The van der Waals surface area contributed by atoms with Crippen molar-refractivity contribution in [2.24, 2.45) is 0 Å². The molecule has 0 bridgehead atoms. The van der Waals surface area contributed by atoms with Crippen molar-refractivity contribution in [3.05, 3.63) is 54.7 Å². The normalized spacial score (nSPS) is 16.2. The summed E-state index contributed by atoms with van der Waals surface area (Å²) in [7, 11) is 0. The number of ether oxygens (including phenoxy) is 1. The zero-order valence-electron chi connectivity index (χ0n) is 21.3. The van der Waals surface area contributed by atoms with E-state index in [1.807, 2.05) is 22.7 Å². The highest BCUT2D eigenvalue weighted by Crippen LogP contribution is 2.37. The van der Waals surface area contributed by atoms with Crippen molar-refractivity contribution >= 4 is 23.3 Å². The molecule has 0 radical (unpaired) electrons. The molecule has 4 aromatic rings. The molecule has 6 rings (SSSR count). The first kappa shape index (κ1) is 24.2. The van der Waals surface area contributed by atoms with E-state index in [-0.39, 0.29) is 6.61 Å². The Morgan fingerprint density at radius 3 is 2.37 bits per heavy atom.